The summed E-state index contributed by atoms with van der Waals surface area (Å²) in [4.78, 5) is 14.1. The lowest BCUT2D eigenvalue weighted by Gasteiger charge is -2.27. The third kappa shape index (κ3) is 3.55. The first-order chi connectivity index (χ1) is 11.8. The van der Waals surface area contributed by atoms with Gasteiger partial charge < -0.3 is 15.4 Å². The molecule has 0 aromatic heterocycles. The monoisotopic (exact) mass is 366 g/mol. The van der Waals surface area contributed by atoms with E-state index in [0.29, 0.717) is 23.6 Å². The molecule has 0 bridgehead atoms. The molecule has 1 amide bonds. The van der Waals surface area contributed by atoms with Gasteiger partial charge >= 0.3 is 10.2 Å². The average molecular weight is 366 g/mol. The van der Waals surface area contributed by atoms with Gasteiger partial charge in [-0.1, -0.05) is 19.9 Å². The summed E-state index contributed by atoms with van der Waals surface area (Å²) < 4.78 is 34.9. The topological polar surface area (TPSA) is 114 Å². The zero-order valence-corrected chi connectivity index (χ0v) is 15.0. The molecule has 2 aliphatic rings. The van der Waals surface area contributed by atoms with Crippen molar-refractivity contribution in [3.05, 3.63) is 23.8 Å². The zero-order chi connectivity index (χ0) is 18.2. The Morgan fingerprint density at radius 2 is 2.24 bits per heavy atom. The first-order valence-corrected chi connectivity index (χ1v) is 9.67. The van der Waals surface area contributed by atoms with Crippen molar-refractivity contribution >= 4 is 27.6 Å². The number of carbonyl (C=O) groups excluding carboxylic acids is 1. The van der Waals surface area contributed by atoms with Crippen LogP contribution in [-0.4, -0.2) is 44.3 Å². The van der Waals surface area contributed by atoms with Gasteiger partial charge in [-0.2, -0.15) is 8.42 Å². The fourth-order valence-electron chi connectivity index (χ4n) is 3.15. The van der Waals surface area contributed by atoms with E-state index in [-0.39, 0.29) is 23.7 Å². The van der Waals surface area contributed by atoms with Crippen molar-refractivity contribution in [2.75, 3.05) is 17.9 Å². The molecule has 0 aliphatic carbocycles. The summed E-state index contributed by atoms with van der Waals surface area (Å²) in [7, 11) is -3.82. The minimum Gasteiger partial charge on any atom is -0.491 e. The summed E-state index contributed by atoms with van der Waals surface area (Å²) in [5.74, 6) is 0.410. The third-order valence-corrected chi connectivity index (χ3v) is 5.24. The molecule has 1 saturated heterocycles. The number of carbonyl (C=O) groups is 1. The SMILES string of the molecule is CC(C)C(=O)N1CCC[C@@H]1COc1cccc2c1C(N)=NS(=O)(=O)N2. The Morgan fingerprint density at radius 1 is 1.48 bits per heavy atom. The average Bonchev–Trinajstić information content (AvgIpc) is 2.98. The molecule has 136 valence electrons. The van der Waals surface area contributed by atoms with Crippen molar-refractivity contribution in [1.29, 1.82) is 0 Å². The van der Waals surface area contributed by atoms with Crippen LogP contribution in [0.15, 0.2) is 22.6 Å². The molecule has 3 rings (SSSR count). The number of amides is 1. The Bertz CT molecular complexity index is 819. The van der Waals surface area contributed by atoms with Gasteiger partial charge in [0.25, 0.3) is 0 Å². The lowest BCUT2D eigenvalue weighted by Crippen LogP contribution is -2.41. The van der Waals surface area contributed by atoms with E-state index in [2.05, 4.69) is 9.12 Å². The van der Waals surface area contributed by atoms with Gasteiger partial charge in [-0.25, -0.2) is 0 Å². The molecule has 1 fully saturated rings. The number of nitrogens with two attached hydrogens (primary N) is 1. The Morgan fingerprint density at radius 3 is 2.96 bits per heavy atom. The summed E-state index contributed by atoms with van der Waals surface area (Å²) in [5.41, 5.74) is 6.58. The summed E-state index contributed by atoms with van der Waals surface area (Å²) in [6.07, 6.45) is 1.83. The molecular formula is C16H22N4O4S. The van der Waals surface area contributed by atoms with Crippen LogP contribution in [0.25, 0.3) is 0 Å². The minimum atomic E-state index is -3.82. The van der Waals surface area contributed by atoms with E-state index >= 15 is 0 Å². The lowest BCUT2D eigenvalue weighted by atomic mass is 10.1. The summed E-state index contributed by atoms with van der Waals surface area (Å²) >= 11 is 0. The molecule has 0 unspecified atom stereocenters. The van der Waals surface area contributed by atoms with Crippen LogP contribution < -0.4 is 15.2 Å². The first kappa shape index (κ1) is 17.5. The normalized spacial score (nSPS) is 21.5. The summed E-state index contributed by atoms with van der Waals surface area (Å²) in [6, 6.07) is 5.00. The van der Waals surface area contributed by atoms with E-state index in [0.717, 1.165) is 19.4 Å². The van der Waals surface area contributed by atoms with Gasteiger partial charge in [-0.3, -0.25) is 9.52 Å². The van der Waals surface area contributed by atoms with Crippen LogP contribution >= 0.6 is 0 Å². The standard InChI is InChI=1S/C16H22N4O4S/c1-10(2)16(21)20-8-4-5-11(20)9-24-13-7-3-6-12-14(13)15(17)19-25(22,23)18-12/h3,6-7,10-11,18H,4-5,8-9H2,1-2H3,(H2,17,19)/t11-/m1/s1. The van der Waals surface area contributed by atoms with Crippen LogP contribution in [0.2, 0.25) is 0 Å². The van der Waals surface area contributed by atoms with E-state index in [1.54, 1.807) is 18.2 Å². The van der Waals surface area contributed by atoms with Gasteiger partial charge in [0.05, 0.1) is 17.3 Å². The largest absolute Gasteiger partial charge is 0.491 e. The Balaban J connectivity index is 1.78. The highest BCUT2D eigenvalue weighted by molar-refractivity contribution is 7.91. The van der Waals surface area contributed by atoms with Crippen LogP contribution in [0.5, 0.6) is 5.75 Å². The number of nitrogens with one attached hydrogen (secondary N) is 1. The first-order valence-electron chi connectivity index (χ1n) is 8.23. The van der Waals surface area contributed by atoms with Gasteiger partial charge in [-0.05, 0) is 25.0 Å². The maximum atomic E-state index is 12.3. The van der Waals surface area contributed by atoms with Crippen LogP contribution in [0, 0.1) is 5.92 Å². The molecule has 0 saturated carbocycles. The Kier molecular flexibility index (Phi) is 4.59. The molecular weight excluding hydrogens is 344 g/mol. The number of amidine groups is 1. The number of rotatable bonds is 4. The maximum Gasteiger partial charge on any atom is 0.344 e. The van der Waals surface area contributed by atoms with E-state index in [1.807, 2.05) is 18.7 Å². The second-order valence-corrected chi connectivity index (χ2v) is 7.86. The Labute approximate surface area is 147 Å². The maximum absolute atomic E-state index is 12.3. The fourth-order valence-corrected chi connectivity index (χ4v) is 4.00. The van der Waals surface area contributed by atoms with Crippen molar-refractivity contribution in [3.63, 3.8) is 0 Å². The van der Waals surface area contributed by atoms with E-state index in [1.165, 1.54) is 0 Å². The number of fused-ring (bicyclic) bond motifs is 1. The van der Waals surface area contributed by atoms with E-state index in [9.17, 15) is 13.2 Å². The van der Waals surface area contributed by atoms with Gasteiger partial charge in [0, 0.05) is 12.5 Å². The smallest absolute Gasteiger partial charge is 0.344 e. The summed E-state index contributed by atoms with van der Waals surface area (Å²) in [5, 5.41) is 0. The predicted octanol–water partition coefficient (Wildman–Crippen LogP) is 1.09. The molecule has 1 aromatic carbocycles. The van der Waals surface area contributed by atoms with E-state index in [4.69, 9.17) is 10.5 Å². The molecule has 9 heteroatoms. The second kappa shape index (κ2) is 6.55. The highest BCUT2D eigenvalue weighted by Crippen LogP contribution is 2.31. The third-order valence-electron chi connectivity index (χ3n) is 4.33. The van der Waals surface area contributed by atoms with Crippen molar-refractivity contribution in [2.24, 2.45) is 16.0 Å². The highest BCUT2D eigenvalue weighted by Gasteiger charge is 2.31. The lowest BCUT2D eigenvalue weighted by molar-refractivity contribution is -0.135. The molecule has 25 heavy (non-hydrogen) atoms. The van der Waals surface area contributed by atoms with Gasteiger partial charge in [0.1, 0.15) is 12.4 Å². The number of benzene rings is 1. The quantitative estimate of drug-likeness (QED) is 0.828. The number of anilines is 1. The number of hydrogen-bond donors (Lipinski definition) is 2. The number of likely N-dealkylation sites (tertiary alicyclic amines) is 1. The molecule has 1 aromatic rings. The highest BCUT2D eigenvalue weighted by atomic mass is 32.2. The van der Waals surface area contributed by atoms with Crippen molar-refractivity contribution in [1.82, 2.24) is 4.90 Å². The second-order valence-electron chi connectivity index (χ2n) is 6.53. The fraction of sp³-hybridized carbons (Fsp3) is 0.500. The van der Waals surface area contributed by atoms with Gasteiger partial charge in [0.2, 0.25) is 5.91 Å². The number of ether oxygens (including phenoxy) is 1. The molecule has 0 spiro atoms. The minimum absolute atomic E-state index is 0.00389. The van der Waals surface area contributed by atoms with Gasteiger partial charge in [0.15, 0.2) is 5.84 Å². The van der Waals surface area contributed by atoms with Crippen LogP contribution in [0.3, 0.4) is 0 Å². The van der Waals surface area contributed by atoms with Crippen molar-refractivity contribution < 1.29 is 17.9 Å². The van der Waals surface area contributed by atoms with Gasteiger partial charge in [-0.15, -0.1) is 4.40 Å². The van der Waals surface area contributed by atoms with Crippen LogP contribution in [0.4, 0.5) is 5.69 Å². The Hall–Kier alpha value is -2.29. The number of nitrogens with zero attached hydrogens (tertiary/aromatic N) is 2. The van der Waals surface area contributed by atoms with Crippen LogP contribution in [0.1, 0.15) is 32.3 Å². The molecule has 2 aliphatic heterocycles. The molecule has 3 N–H and O–H groups in total. The molecule has 0 radical (unpaired) electrons. The van der Waals surface area contributed by atoms with Crippen molar-refractivity contribution in [2.45, 2.75) is 32.7 Å². The zero-order valence-electron chi connectivity index (χ0n) is 14.2. The molecule has 2 heterocycles. The van der Waals surface area contributed by atoms with E-state index < -0.39 is 10.2 Å². The molecule has 8 nitrogen and oxygen atoms in total. The summed E-state index contributed by atoms with van der Waals surface area (Å²) in [6.45, 7) is 4.83. The van der Waals surface area contributed by atoms with Crippen LogP contribution in [-0.2, 0) is 15.0 Å². The predicted molar refractivity (Wildman–Crippen MR) is 94.8 cm³/mol. The molecule has 1 atom stereocenters. The van der Waals surface area contributed by atoms with Crippen molar-refractivity contribution in [3.8, 4) is 5.75 Å². The number of hydrogen-bond acceptors (Lipinski definition) is 5.